The van der Waals surface area contributed by atoms with Crippen molar-refractivity contribution in [2.45, 2.75) is 11.3 Å². The van der Waals surface area contributed by atoms with Crippen molar-refractivity contribution in [1.82, 2.24) is 9.62 Å². The molecule has 2 N–H and O–H groups in total. The average molecular weight is 489 g/mol. The summed E-state index contributed by atoms with van der Waals surface area (Å²) in [6, 6.07) is 12.8. The van der Waals surface area contributed by atoms with Gasteiger partial charge in [-0.2, -0.15) is 0 Å². The van der Waals surface area contributed by atoms with Gasteiger partial charge in [0.25, 0.3) is 0 Å². The van der Waals surface area contributed by atoms with Crippen LogP contribution in [0.5, 0.6) is 0 Å². The van der Waals surface area contributed by atoms with E-state index in [-0.39, 0.29) is 36.2 Å². The molecule has 0 atom stereocenters. The van der Waals surface area contributed by atoms with Crippen LogP contribution in [0.25, 0.3) is 0 Å². The van der Waals surface area contributed by atoms with E-state index in [0.717, 1.165) is 4.47 Å². The number of rotatable bonds is 8. The van der Waals surface area contributed by atoms with Crippen molar-refractivity contribution in [2.24, 2.45) is 0 Å². The van der Waals surface area contributed by atoms with Gasteiger partial charge >= 0.3 is 0 Å². The summed E-state index contributed by atoms with van der Waals surface area (Å²) in [6.07, 6.45) is -0.0727. The molecular weight excluding hydrogens is 470 g/mol. The fourth-order valence-corrected chi connectivity index (χ4v) is 3.74. The molecule has 0 unspecified atom stereocenters. The number of hydrogen-bond acceptors (Lipinski definition) is 4. The van der Waals surface area contributed by atoms with Gasteiger partial charge in [-0.1, -0.05) is 33.6 Å². The van der Waals surface area contributed by atoms with Crippen LogP contribution in [0, 0.1) is 0 Å². The number of sulfonamides is 1. The maximum atomic E-state index is 12.2. The van der Waals surface area contributed by atoms with Gasteiger partial charge < -0.3 is 10.2 Å². The van der Waals surface area contributed by atoms with E-state index in [0.29, 0.717) is 10.7 Å². The van der Waals surface area contributed by atoms with Gasteiger partial charge in [0.05, 0.1) is 11.4 Å². The van der Waals surface area contributed by atoms with E-state index in [1.54, 1.807) is 36.4 Å². The monoisotopic (exact) mass is 487 g/mol. The minimum atomic E-state index is -3.70. The zero-order valence-electron chi connectivity index (χ0n) is 15.0. The Labute approximate surface area is 177 Å². The second-order valence-electron chi connectivity index (χ2n) is 5.91. The SMILES string of the molecule is CN(CC(=O)Nc1cccc(Cl)c1)C(=O)CCNS(=O)(=O)c1ccc(Br)cc1. The lowest BCUT2D eigenvalue weighted by Crippen LogP contribution is -2.37. The molecule has 0 fully saturated rings. The van der Waals surface area contributed by atoms with Crippen molar-refractivity contribution in [3.63, 3.8) is 0 Å². The van der Waals surface area contributed by atoms with E-state index >= 15 is 0 Å². The summed E-state index contributed by atoms with van der Waals surface area (Å²) in [7, 11) is -2.22. The first kappa shape index (κ1) is 22.4. The lowest BCUT2D eigenvalue weighted by Gasteiger charge is -2.17. The smallest absolute Gasteiger partial charge is 0.243 e. The summed E-state index contributed by atoms with van der Waals surface area (Å²) in [5, 5.41) is 3.13. The molecule has 0 heterocycles. The molecule has 28 heavy (non-hydrogen) atoms. The van der Waals surface area contributed by atoms with Crippen LogP contribution in [0.15, 0.2) is 57.9 Å². The van der Waals surface area contributed by atoms with Gasteiger partial charge in [-0.05, 0) is 42.5 Å². The zero-order chi connectivity index (χ0) is 20.7. The molecule has 0 aliphatic carbocycles. The third-order valence-corrected chi connectivity index (χ3v) is 5.91. The van der Waals surface area contributed by atoms with Crippen molar-refractivity contribution in [1.29, 1.82) is 0 Å². The number of anilines is 1. The maximum Gasteiger partial charge on any atom is 0.243 e. The van der Waals surface area contributed by atoms with Gasteiger partial charge in [-0.15, -0.1) is 0 Å². The second-order valence-corrected chi connectivity index (χ2v) is 9.03. The summed E-state index contributed by atoms with van der Waals surface area (Å²) in [4.78, 5) is 25.5. The summed E-state index contributed by atoms with van der Waals surface area (Å²) in [5.74, 6) is -0.742. The number of carbonyl (C=O) groups is 2. The normalized spacial score (nSPS) is 11.1. The van der Waals surface area contributed by atoms with Gasteiger partial charge in [-0.3, -0.25) is 9.59 Å². The van der Waals surface area contributed by atoms with E-state index < -0.39 is 10.0 Å². The Kier molecular flexibility index (Phi) is 7.99. The summed E-state index contributed by atoms with van der Waals surface area (Å²) >= 11 is 9.10. The third kappa shape index (κ3) is 6.90. The lowest BCUT2D eigenvalue weighted by molar-refractivity contribution is -0.133. The van der Waals surface area contributed by atoms with E-state index in [1.807, 2.05) is 0 Å². The molecule has 0 saturated carbocycles. The molecule has 0 radical (unpaired) electrons. The van der Waals surface area contributed by atoms with Crippen LogP contribution in [0.1, 0.15) is 6.42 Å². The second kappa shape index (κ2) is 10.0. The van der Waals surface area contributed by atoms with E-state index in [4.69, 9.17) is 11.6 Å². The first-order chi connectivity index (χ1) is 13.2. The Balaban J connectivity index is 1.80. The summed E-state index contributed by atoms with van der Waals surface area (Å²) in [6.45, 7) is -0.234. The van der Waals surface area contributed by atoms with Crippen molar-refractivity contribution in [3.05, 3.63) is 58.0 Å². The quantitative estimate of drug-likeness (QED) is 0.597. The highest BCUT2D eigenvalue weighted by Crippen LogP contribution is 2.15. The fraction of sp³-hybridized carbons (Fsp3) is 0.222. The van der Waals surface area contributed by atoms with E-state index in [1.165, 1.54) is 24.1 Å². The van der Waals surface area contributed by atoms with Gasteiger partial charge in [0.1, 0.15) is 0 Å². The molecule has 2 aromatic rings. The topological polar surface area (TPSA) is 95.6 Å². The first-order valence-electron chi connectivity index (χ1n) is 8.22. The van der Waals surface area contributed by atoms with Crippen molar-refractivity contribution >= 4 is 55.1 Å². The Morgan fingerprint density at radius 3 is 2.46 bits per heavy atom. The highest BCUT2D eigenvalue weighted by molar-refractivity contribution is 9.10. The van der Waals surface area contributed by atoms with Crippen LogP contribution in [0.3, 0.4) is 0 Å². The van der Waals surface area contributed by atoms with E-state index in [2.05, 4.69) is 26.0 Å². The van der Waals surface area contributed by atoms with Crippen molar-refractivity contribution in [3.8, 4) is 0 Å². The summed E-state index contributed by atoms with van der Waals surface area (Å²) in [5.41, 5.74) is 0.528. The number of benzene rings is 2. The lowest BCUT2D eigenvalue weighted by atomic mass is 10.3. The molecule has 10 heteroatoms. The molecule has 2 aromatic carbocycles. The first-order valence-corrected chi connectivity index (χ1v) is 10.9. The van der Waals surface area contributed by atoms with Gasteiger partial charge in [0, 0.05) is 35.2 Å². The predicted octanol–water partition coefficient (Wildman–Crippen LogP) is 2.87. The number of carbonyl (C=O) groups excluding carboxylic acids is 2. The maximum absolute atomic E-state index is 12.2. The van der Waals surface area contributed by atoms with Gasteiger partial charge in [-0.25, -0.2) is 13.1 Å². The Hall–Kier alpha value is -1.94. The molecule has 0 bridgehead atoms. The Morgan fingerprint density at radius 2 is 1.82 bits per heavy atom. The Bertz CT molecular complexity index is 952. The molecule has 0 saturated heterocycles. The van der Waals surface area contributed by atoms with Crippen LogP contribution in [-0.2, 0) is 19.6 Å². The van der Waals surface area contributed by atoms with Gasteiger partial charge in [0.2, 0.25) is 21.8 Å². The molecule has 0 aliphatic rings. The highest BCUT2D eigenvalue weighted by Gasteiger charge is 2.16. The highest BCUT2D eigenvalue weighted by atomic mass is 79.9. The molecular formula is C18H19BrClN3O4S. The minimum absolute atomic E-state index is 0.0719. The van der Waals surface area contributed by atoms with E-state index in [9.17, 15) is 18.0 Å². The molecule has 0 aromatic heterocycles. The molecule has 0 spiro atoms. The fourth-order valence-electron chi connectivity index (χ4n) is 2.25. The van der Waals surface area contributed by atoms with Crippen LogP contribution >= 0.6 is 27.5 Å². The molecule has 7 nitrogen and oxygen atoms in total. The largest absolute Gasteiger partial charge is 0.336 e. The minimum Gasteiger partial charge on any atom is -0.336 e. The van der Waals surface area contributed by atoms with Crippen molar-refractivity contribution < 1.29 is 18.0 Å². The van der Waals surface area contributed by atoms with Crippen LogP contribution < -0.4 is 10.0 Å². The summed E-state index contributed by atoms with van der Waals surface area (Å²) < 4.78 is 27.5. The van der Waals surface area contributed by atoms with Crippen LogP contribution in [0.4, 0.5) is 5.69 Å². The third-order valence-electron chi connectivity index (χ3n) is 3.67. The number of hydrogen-bond donors (Lipinski definition) is 2. The molecule has 0 aliphatic heterocycles. The zero-order valence-corrected chi connectivity index (χ0v) is 18.1. The number of nitrogens with one attached hydrogen (secondary N) is 2. The molecule has 2 rings (SSSR count). The molecule has 2 amide bonds. The van der Waals surface area contributed by atoms with Gasteiger partial charge in [0.15, 0.2) is 0 Å². The van der Waals surface area contributed by atoms with Crippen LogP contribution in [0.2, 0.25) is 5.02 Å². The number of nitrogens with zero attached hydrogens (tertiary/aromatic N) is 1. The predicted molar refractivity (Wildman–Crippen MR) is 112 cm³/mol. The number of halogens is 2. The number of amides is 2. The number of likely N-dealkylation sites (N-methyl/N-ethyl adjacent to an activating group) is 1. The molecule has 150 valence electrons. The average Bonchev–Trinajstić information content (AvgIpc) is 2.61. The van der Waals surface area contributed by atoms with Crippen molar-refractivity contribution in [2.75, 3.05) is 25.5 Å². The standard InChI is InChI=1S/C18H19BrClN3O4S/c1-23(12-17(24)22-15-4-2-3-14(20)11-15)18(25)9-10-21-28(26,27)16-7-5-13(19)6-8-16/h2-8,11,21H,9-10,12H2,1H3,(H,22,24). The Morgan fingerprint density at radius 1 is 1.14 bits per heavy atom. The van der Waals surface area contributed by atoms with Crippen LogP contribution in [-0.4, -0.2) is 45.3 Å².